The van der Waals surface area contributed by atoms with Gasteiger partial charge >= 0.3 is 5.97 Å². The standard InChI is InChI=1S/C25H44N2O6/c1-22(2,3)32-21(29)18(28)17-20-19(30-25(8,9)31-20)16-15(11-14-26(16)17)33-27-23(4,5)12-10-13-24(27,6)7/h15-20,28H,10-14H2,1-9H3/t15-,16+,17-,18+,19+,20-/m0/s1. The third-order valence-electron chi connectivity index (χ3n) is 7.54. The largest absolute Gasteiger partial charge is 0.458 e. The third kappa shape index (κ3) is 4.71. The van der Waals surface area contributed by atoms with Gasteiger partial charge in [-0.25, -0.2) is 4.79 Å². The van der Waals surface area contributed by atoms with Crippen molar-refractivity contribution in [2.24, 2.45) is 0 Å². The number of aliphatic hydroxyl groups is 1. The molecular formula is C25H44N2O6. The lowest BCUT2D eigenvalue weighted by molar-refractivity contribution is -0.310. The fourth-order valence-electron chi connectivity index (χ4n) is 6.47. The quantitative estimate of drug-likeness (QED) is 0.631. The maximum Gasteiger partial charge on any atom is 0.337 e. The molecule has 4 fully saturated rings. The highest BCUT2D eigenvalue weighted by molar-refractivity contribution is 5.76. The van der Waals surface area contributed by atoms with E-state index in [9.17, 15) is 9.90 Å². The second-order valence-corrected chi connectivity index (χ2v) is 13.0. The number of carbonyl (C=O) groups is 1. The van der Waals surface area contributed by atoms with Crippen LogP contribution in [-0.2, 0) is 23.8 Å². The molecule has 8 heteroatoms. The maximum atomic E-state index is 12.8. The average Bonchev–Trinajstić information content (AvgIpc) is 3.24. The first kappa shape index (κ1) is 25.3. The lowest BCUT2D eigenvalue weighted by Crippen LogP contribution is -2.60. The Morgan fingerprint density at radius 3 is 2.18 bits per heavy atom. The van der Waals surface area contributed by atoms with Crippen LogP contribution in [0.1, 0.15) is 88.0 Å². The molecule has 1 N–H and O–H groups in total. The van der Waals surface area contributed by atoms with E-state index >= 15 is 0 Å². The van der Waals surface area contributed by atoms with Crippen LogP contribution in [0.4, 0.5) is 0 Å². The van der Waals surface area contributed by atoms with Crippen LogP contribution >= 0.6 is 0 Å². The molecule has 4 rings (SSSR count). The van der Waals surface area contributed by atoms with Crippen LogP contribution in [0.5, 0.6) is 0 Å². The molecule has 0 bridgehead atoms. The highest BCUT2D eigenvalue weighted by Crippen LogP contribution is 2.48. The minimum absolute atomic E-state index is 0.0745. The van der Waals surface area contributed by atoms with Crippen molar-refractivity contribution in [1.29, 1.82) is 0 Å². The molecular weight excluding hydrogens is 424 g/mol. The number of nitrogens with zero attached hydrogens (tertiary/aromatic N) is 2. The fourth-order valence-corrected chi connectivity index (χ4v) is 6.47. The number of rotatable bonds is 4. The van der Waals surface area contributed by atoms with Gasteiger partial charge in [-0.05, 0) is 88.0 Å². The monoisotopic (exact) mass is 468 g/mol. The van der Waals surface area contributed by atoms with Crippen molar-refractivity contribution >= 4 is 5.97 Å². The number of hydrogen-bond acceptors (Lipinski definition) is 8. The van der Waals surface area contributed by atoms with Crippen molar-refractivity contribution in [2.45, 2.75) is 147 Å². The van der Waals surface area contributed by atoms with Crippen molar-refractivity contribution in [2.75, 3.05) is 6.54 Å². The summed E-state index contributed by atoms with van der Waals surface area (Å²) in [6, 6.07) is -0.639. The Labute approximate surface area is 198 Å². The molecule has 0 amide bonds. The maximum absolute atomic E-state index is 12.8. The number of fused-ring (bicyclic) bond motifs is 3. The van der Waals surface area contributed by atoms with Crippen molar-refractivity contribution in [3.05, 3.63) is 0 Å². The fraction of sp³-hybridized carbons (Fsp3) is 0.960. The second-order valence-electron chi connectivity index (χ2n) is 13.0. The summed E-state index contributed by atoms with van der Waals surface area (Å²) < 4.78 is 18.1. The third-order valence-corrected chi connectivity index (χ3v) is 7.54. The van der Waals surface area contributed by atoms with E-state index in [1.807, 2.05) is 13.8 Å². The van der Waals surface area contributed by atoms with Gasteiger partial charge in [-0.2, -0.15) is 5.06 Å². The minimum Gasteiger partial charge on any atom is -0.458 e. The van der Waals surface area contributed by atoms with Crippen molar-refractivity contribution in [3.63, 3.8) is 0 Å². The van der Waals surface area contributed by atoms with Gasteiger partial charge in [-0.1, -0.05) is 0 Å². The van der Waals surface area contributed by atoms with Crippen LogP contribution in [0.3, 0.4) is 0 Å². The Morgan fingerprint density at radius 1 is 1.03 bits per heavy atom. The van der Waals surface area contributed by atoms with Crippen LogP contribution in [0.25, 0.3) is 0 Å². The Balaban J connectivity index is 1.59. The molecule has 4 saturated heterocycles. The summed E-state index contributed by atoms with van der Waals surface area (Å²) in [4.78, 5) is 21.8. The van der Waals surface area contributed by atoms with Crippen LogP contribution in [0.15, 0.2) is 0 Å². The molecule has 0 unspecified atom stereocenters. The molecule has 0 aromatic heterocycles. The van der Waals surface area contributed by atoms with E-state index in [0.29, 0.717) is 6.54 Å². The smallest absolute Gasteiger partial charge is 0.337 e. The van der Waals surface area contributed by atoms with E-state index in [1.54, 1.807) is 20.8 Å². The zero-order valence-electron chi connectivity index (χ0n) is 21.9. The van der Waals surface area contributed by atoms with Gasteiger partial charge in [-0.15, -0.1) is 0 Å². The molecule has 4 aliphatic heterocycles. The first-order valence-electron chi connectivity index (χ1n) is 12.5. The zero-order chi connectivity index (χ0) is 24.6. The molecule has 8 nitrogen and oxygen atoms in total. The lowest BCUT2D eigenvalue weighted by atomic mass is 9.82. The SMILES string of the molecule is CC(C)(C)OC(=O)[C@H](O)[C@H]1[C@@H]2OC(C)(C)O[C@@H]2[C@H]2[C@@H](ON3C(C)(C)CCCC3(C)C)CCN12. The van der Waals surface area contributed by atoms with Crippen molar-refractivity contribution in [3.8, 4) is 0 Å². The number of hydrogen-bond donors (Lipinski definition) is 1. The van der Waals surface area contributed by atoms with E-state index in [0.717, 1.165) is 19.3 Å². The summed E-state index contributed by atoms with van der Waals surface area (Å²) in [5.74, 6) is -1.41. The van der Waals surface area contributed by atoms with Gasteiger partial charge in [0, 0.05) is 17.6 Å². The summed E-state index contributed by atoms with van der Waals surface area (Å²) in [6.07, 6.45) is 2.00. The first-order chi connectivity index (χ1) is 15.0. The summed E-state index contributed by atoms with van der Waals surface area (Å²) in [5.41, 5.74) is -0.826. The van der Waals surface area contributed by atoms with E-state index in [4.69, 9.17) is 19.0 Å². The van der Waals surface area contributed by atoms with Crippen LogP contribution < -0.4 is 0 Å². The zero-order valence-corrected chi connectivity index (χ0v) is 21.9. The van der Waals surface area contributed by atoms with Gasteiger partial charge < -0.3 is 19.3 Å². The molecule has 0 spiro atoms. The topological polar surface area (TPSA) is 80.7 Å². The van der Waals surface area contributed by atoms with Crippen LogP contribution in [0, 0.1) is 0 Å². The summed E-state index contributed by atoms with van der Waals surface area (Å²) in [6.45, 7) is 18.8. The molecule has 190 valence electrons. The molecule has 6 atom stereocenters. The Morgan fingerprint density at radius 2 is 1.61 bits per heavy atom. The molecule has 0 aliphatic carbocycles. The minimum atomic E-state index is -1.32. The van der Waals surface area contributed by atoms with Gasteiger partial charge in [-0.3, -0.25) is 9.74 Å². The van der Waals surface area contributed by atoms with Crippen LogP contribution in [-0.4, -0.2) is 86.5 Å². The van der Waals surface area contributed by atoms with Gasteiger partial charge in [0.25, 0.3) is 0 Å². The van der Waals surface area contributed by atoms with Crippen LogP contribution in [0.2, 0.25) is 0 Å². The molecule has 4 heterocycles. The van der Waals surface area contributed by atoms with E-state index in [1.165, 1.54) is 6.42 Å². The molecule has 33 heavy (non-hydrogen) atoms. The molecule has 0 radical (unpaired) electrons. The predicted octanol–water partition coefficient (Wildman–Crippen LogP) is 3.01. The van der Waals surface area contributed by atoms with Gasteiger partial charge in [0.15, 0.2) is 11.9 Å². The highest BCUT2D eigenvalue weighted by Gasteiger charge is 2.65. The van der Waals surface area contributed by atoms with Crippen molar-refractivity contribution in [1.82, 2.24) is 9.96 Å². The Bertz CT molecular complexity index is 744. The number of esters is 1. The highest BCUT2D eigenvalue weighted by atomic mass is 16.8. The Kier molecular flexibility index (Phi) is 6.24. The number of aliphatic hydroxyl groups excluding tert-OH is 1. The molecule has 0 aromatic carbocycles. The first-order valence-corrected chi connectivity index (χ1v) is 12.5. The number of hydroxylamine groups is 2. The lowest BCUT2D eigenvalue weighted by Gasteiger charge is -2.52. The molecule has 0 saturated carbocycles. The van der Waals surface area contributed by atoms with Gasteiger partial charge in [0.2, 0.25) is 0 Å². The summed E-state index contributed by atoms with van der Waals surface area (Å²) in [7, 11) is 0. The second kappa shape index (κ2) is 8.14. The number of piperidine rings is 1. The molecule has 0 aromatic rings. The van der Waals surface area contributed by atoms with E-state index in [-0.39, 0.29) is 29.3 Å². The number of ether oxygens (including phenoxy) is 3. The number of carbonyl (C=O) groups excluding carboxylic acids is 1. The summed E-state index contributed by atoms with van der Waals surface area (Å²) >= 11 is 0. The normalized spacial score (nSPS) is 38.7. The summed E-state index contributed by atoms with van der Waals surface area (Å²) in [5, 5.41) is 13.3. The van der Waals surface area contributed by atoms with Gasteiger partial charge in [0.05, 0.1) is 18.2 Å². The predicted molar refractivity (Wildman–Crippen MR) is 123 cm³/mol. The van der Waals surface area contributed by atoms with Crippen molar-refractivity contribution < 1.29 is 28.9 Å². The van der Waals surface area contributed by atoms with E-state index < -0.39 is 35.6 Å². The van der Waals surface area contributed by atoms with E-state index in [2.05, 4.69) is 37.7 Å². The molecule has 4 aliphatic rings. The van der Waals surface area contributed by atoms with Gasteiger partial charge in [0.1, 0.15) is 17.8 Å². The average molecular weight is 469 g/mol. The Hall–Kier alpha value is -0.770.